The second-order valence-electron chi connectivity index (χ2n) is 6.48. The van der Waals surface area contributed by atoms with Crippen molar-refractivity contribution in [2.75, 3.05) is 21.3 Å². The van der Waals surface area contributed by atoms with Gasteiger partial charge in [-0.3, -0.25) is 19.3 Å². The van der Waals surface area contributed by atoms with Crippen molar-refractivity contribution in [2.24, 2.45) is 5.73 Å². The molecule has 156 valence electrons. The fraction of sp³-hybridized carbons (Fsp3) is 0.300. The highest BCUT2D eigenvalue weighted by atomic mass is 32.2. The summed E-state index contributed by atoms with van der Waals surface area (Å²) in [4.78, 5) is 38.7. The summed E-state index contributed by atoms with van der Waals surface area (Å²) in [6.07, 6.45) is -0.181. The van der Waals surface area contributed by atoms with Gasteiger partial charge in [0.05, 0.1) is 48.8 Å². The van der Waals surface area contributed by atoms with E-state index < -0.39 is 29.0 Å². The smallest absolute Gasteiger partial charge is 0.307 e. The van der Waals surface area contributed by atoms with Crippen LogP contribution in [0.2, 0.25) is 0 Å². The number of nitrogens with zero attached hydrogens (tertiary/aromatic N) is 2. The number of benzene rings is 1. The van der Waals surface area contributed by atoms with Gasteiger partial charge in [0.2, 0.25) is 5.91 Å². The number of methoxy groups -OCH3 is 2. The van der Waals surface area contributed by atoms with E-state index in [9.17, 15) is 19.6 Å². The number of thioether (sulfide) groups is 1. The number of amides is 2. The van der Waals surface area contributed by atoms with E-state index in [0.29, 0.717) is 16.3 Å². The second-order valence-corrected chi connectivity index (χ2v) is 7.67. The lowest BCUT2D eigenvalue weighted by Crippen LogP contribution is -2.39. The van der Waals surface area contributed by atoms with E-state index in [0.717, 1.165) is 16.7 Å². The third-order valence-electron chi connectivity index (χ3n) is 4.88. The van der Waals surface area contributed by atoms with Crippen LogP contribution >= 0.6 is 11.8 Å². The minimum Gasteiger partial charge on any atom is -0.497 e. The molecule has 10 heteroatoms. The van der Waals surface area contributed by atoms with Gasteiger partial charge in [-0.2, -0.15) is 5.26 Å². The first-order valence-corrected chi connectivity index (χ1v) is 9.83. The van der Waals surface area contributed by atoms with E-state index in [2.05, 4.69) is 16.1 Å². The molecule has 0 unspecified atom stereocenters. The molecule has 9 nitrogen and oxygen atoms in total. The van der Waals surface area contributed by atoms with Crippen LogP contribution in [0.4, 0.5) is 0 Å². The Morgan fingerprint density at radius 3 is 2.70 bits per heavy atom. The van der Waals surface area contributed by atoms with Crippen LogP contribution in [0.5, 0.6) is 5.75 Å². The Morgan fingerprint density at radius 2 is 2.10 bits per heavy atom. The number of hydrogen-bond donors (Lipinski definition) is 2. The number of hydrogen-bond acceptors (Lipinski definition) is 8. The van der Waals surface area contributed by atoms with E-state index in [1.165, 1.54) is 21.3 Å². The van der Waals surface area contributed by atoms with Gasteiger partial charge in [-0.25, -0.2) is 0 Å². The molecule has 0 radical (unpaired) electrons. The minimum absolute atomic E-state index is 0.0576. The summed E-state index contributed by atoms with van der Waals surface area (Å²) in [7, 11) is 4.21. The van der Waals surface area contributed by atoms with Crippen molar-refractivity contribution >= 4 is 29.5 Å². The summed E-state index contributed by atoms with van der Waals surface area (Å²) in [6, 6.07) is 9.00. The second kappa shape index (κ2) is 8.51. The maximum absolute atomic E-state index is 13.0. The van der Waals surface area contributed by atoms with Gasteiger partial charge in [-0.15, -0.1) is 0 Å². The zero-order valence-corrected chi connectivity index (χ0v) is 17.4. The summed E-state index contributed by atoms with van der Waals surface area (Å²) >= 11 is 1.06. The van der Waals surface area contributed by atoms with Crippen molar-refractivity contribution in [1.82, 2.24) is 10.2 Å². The summed E-state index contributed by atoms with van der Waals surface area (Å²) in [5.74, 6) is -1.80. The van der Waals surface area contributed by atoms with Crippen LogP contribution in [0, 0.1) is 11.3 Å². The highest BCUT2D eigenvalue weighted by Gasteiger charge is 2.48. The largest absolute Gasteiger partial charge is 0.497 e. The Balaban J connectivity index is 2.21. The summed E-state index contributed by atoms with van der Waals surface area (Å²) < 4.78 is 9.94. The van der Waals surface area contributed by atoms with Gasteiger partial charge in [0.15, 0.2) is 0 Å². The molecule has 2 aliphatic heterocycles. The molecule has 0 bridgehead atoms. The fourth-order valence-electron chi connectivity index (χ4n) is 3.43. The lowest BCUT2D eigenvalue weighted by molar-refractivity contribution is -0.142. The number of ether oxygens (including phenoxy) is 2. The Bertz CT molecular complexity index is 1030. The zero-order valence-electron chi connectivity index (χ0n) is 16.6. The molecule has 1 saturated heterocycles. The number of carbonyl (C=O) groups is 3. The quantitative estimate of drug-likeness (QED) is 0.662. The number of fused-ring (bicyclic) bond motifs is 1. The topological polar surface area (TPSA) is 135 Å². The van der Waals surface area contributed by atoms with Gasteiger partial charge in [0, 0.05) is 7.05 Å². The van der Waals surface area contributed by atoms with Crippen molar-refractivity contribution in [3.8, 4) is 11.8 Å². The molecular weight excluding hydrogens is 408 g/mol. The van der Waals surface area contributed by atoms with Gasteiger partial charge in [-0.05, 0) is 17.7 Å². The number of likely N-dealkylation sites (N-methyl/N-ethyl adjacent to an activating group) is 1. The number of allylic oxidation sites excluding steroid dienone is 1. The van der Waals surface area contributed by atoms with Gasteiger partial charge in [0.1, 0.15) is 16.8 Å². The van der Waals surface area contributed by atoms with E-state index >= 15 is 0 Å². The number of nitrogens with one attached hydrogen (secondary N) is 1. The molecule has 2 aliphatic rings. The first kappa shape index (κ1) is 21.3. The maximum Gasteiger partial charge on any atom is 0.307 e. The lowest BCUT2D eigenvalue weighted by atomic mass is 9.82. The van der Waals surface area contributed by atoms with E-state index in [4.69, 9.17) is 10.5 Å². The van der Waals surface area contributed by atoms with Crippen LogP contribution in [-0.4, -0.2) is 49.2 Å². The highest BCUT2D eigenvalue weighted by molar-refractivity contribution is 8.04. The molecule has 2 atom stereocenters. The van der Waals surface area contributed by atoms with Crippen LogP contribution < -0.4 is 15.8 Å². The molecule has 0 saturated carbocycles. The predicted octanol–water partition coefficient (Wildman–Crippen LogP) is 0.951. The van der Waals surface area contributed by atoms with Crippen molar-refractivity contribution in [3.05, 3.63) is 51.8 Å². The molecule has 1 fully saturated rings. The molecule has 0 aliphatic carbocycles. The van der Waals surface area contributed by atoms with Crippen molar-refractivity contribution in [3.63, 3.8) is 0 Å². The number of esters is 1. The molecule has 3 N–H and O–H groups in total. The molecule has 2 heterocycles. The Morgan fingerprint density at radius 1 is 1.37 bits per heavy atom. The van der Waals surface area contributed by atoms with Crippen molar-refractivity contribution < 1.29 is 23.9 Å². The van der Waals surface area contributed by atoms with Crippen molar-refractivity contribution in [2.45, 2.75) is 17.6 Å². The Hall–Kier alpha value is -3.45. The normalized spacial score (nSPS) is 20.6. The first-order valence-electron chi connectivity index (χ1n) is 8.95. The van der Waals surface area contributed by atoms with E-state index in [1.807, 2.05) is 0 Å². The summed E-state index contributed by atoms with van der Waals surface area (Å²) in [5.41, 5.74) is 7.12. The zero-order chi connectivity index (χ0) is 22.0. The SMILES string of the molecule is CNC(=O)C1=C2S[C@@H](CC(=O)OC)C(=O)N2C(N)=C(C#N)[C@@H]1c1cccc(OC)c1. The summed E-state index contributed by atoms with van der Waals surface area (Å²) in [6.45, 7) is 0. The maximum atomic E-state index is 13.0. The third kappa shape index (κ3) is 3.48. The van der Waals surface area contributed by atoms with Crippen LogP contribution in [0.25, 0.3) is 0 Å². The molecular formula is C20H20N4O5S. The predicted molar refractivity (Wildman–Crippen MR) is 109 cm³/mol. The highest BCUT2D eigenvalue weighted by Crippen LogP contribution is 2.50. The molecule has 1 aromatic carbocycles. The standard InChI is InChI=1S/C20H20N4O5S/c1-23-18(26)16-15(10-5-4-6-11(7-10)28-2)12(9-21)17(22)24-19(27)13(30-20(16)24)8-14(25)29-3/h4-7,13,15H,8,22H2,1-3H3,(H,23,26)/t13-,15-/m0/s1. The first-order chi connectivity index (χ1) is 14.4. The van der Waals surface area contributed by atoms with Gasteiger partial charge < -0.3 is 20.5 Å². The molecule has 2 amide bonds. The van der Waals surface area contributed by atoms with Gasteiger partial charge in [-0.1, -0.05) is 23.9 Å². The molecule has 1 aromatic rings. The van der Waals surface area contributed by atoms with Crippen molar-refractivity contribution in [1.29, 1.82) is 5.26 Å². The molecule has 0 aromatic heterocycles. The number of nitrogens with two attached hydrogens (primary N) is 1. The molecule has 3 rings (SSSR count). The third-order valence-corrected chi connectivity index (χ3v) is 6.15. The van der Waals surface area contributed by atoms with Crippen LogP contribution in [0.1, 0.15) is 17.9 Å². The summed E-state index contributed by atoms with van der Waals surface area (Å²) in [5, 5.41) is 11.9. The molecule has 30 heavy (non-hydrogen) atoms. The van der Waals surface area contributed by atoms with Crippen LogP contribution in [0.3, 0.4) is 0 Å². The van der Waals surface area contributed by atoms with E-state index in [1.54, 1.807) is 24.3 Å². The Labute approximate surface area is 177 Å². The molecule has 0 spiro atoms. The number of carbonyl (C=O) groups excluding carboxylic acids is 3. The average Bonchev–Trinajstić information content (AvgIpc) is 3.08. The van der Waals surface area contributed by atoms with Gasteiger partial charge >= 0.3 is 5.97 Å². The number of nitriles is 1. The number of rotatable bonds is 5. The Kier molecular flexibility index (Phi) is 6.03. The fourth-order valence-corrected chi connectivity index (χ4v) is 4.76. The van der Waals surface area contributed by atoms with Gasteiger partial charge in [0.25, 0.3) is 5.91 Å². The van der Waals surface area contributed by atoms with Crippen LogP contribution in [0.15, 0.2) is 46.3 Å². The van der Waals surface area contributed by atoms with Crippen LogP contribution in [-0.2, 0) is 19.1 Å². The minimum atomic E-state index is -0.811. The average molecular weight is 428 g/mol. The monoisotopic (exact) mass is 428 g/mol. The van der Waals surface area contributed by atoms with E-state index in [-0.39, 0.29) is 23.4 Å². The lowest BCUT2D eigenvalue weighted by Gasteiger charge is -2.32.